The minimum atomic E-state index is -3.44. The number of aryl methyl sites for hydroxylation is 1. The minimum Gasteiger partial charge on any atom is -0.398 e. The lowest BCUT2D eigenvalue weighted by atomic mass is 10.2. The van der Waals surface area contributed by atoms with Gasteiger partial charge in [-0.1, -0.05) is 24.3 Å². The SMILES string of the molecule is Cc1cccc(CNS(=O)(=O)Cc2ccccc2N)n1. The van der Waals surface area contributed by atoms with Gasteiger partial charge >= 0.3 is 0 Å². The fraction of sp³-hybridized carbons (Fsp3) is 0.214. The number of hydrogen-bond acceptors (Lipinski definition) is 4. The van der Waals surface area contributed by atoms with Crippen LogP contribution in [0.1, 0.15) is 17.0 Å². The quantitative estimate of drug-likeness (QED) is 0.819. The van der Waals surface area contributed by atoms with Crippen LogP contribution in [-0.2, 0) is 22.3 Å². The monoisotopic (exact) mass is 291 g/mol. The largest absolute Gasteiger partial charge is 0.398 e. The summed E-state index contributed by atoms with van der Waals surface area (Å²) in [6, 6.07) is 12.4. The number of rotatable bonds is 5. The summed E-state index contributed by atoms with van der Waals surface area (Å²) < 4.78 is 26.6. The summed E-state index contributed by atoms with van der Waals surface area (Å²) in [5, 5.41) is 0. The zero-order valence-electron chi connectivity index (χ0n) is 11.2. The average Bonchev–Trinajstić information content (AvgIpc) is 2.39. The van der Waals surface area contributed by atoms with Crippen LogP contribution in [0.3, 0.4) is 0 Å². The molecule has 0 atom stereocenters. The highest BCUT2D eigenvalue weighted by Crippen LogP contribution is 2.13. The second kappa shape index (κ2) is 6.02. The number of hydrogen-bond donors (Lipinski definition) is 2. The summed E-state index contributed by atoms with van der Waals surface area (Å²) in [5.74, 6) is -0.133. The molecule has 0 unspecified atom stereocenters. The van der Waals surface area contributed by atoms with Crippen molar-refractivity contribution >= 4 is 15.7 Å². The number of para-hydroxylation sites is 1. The van der Waals surface area contributed by atoms with Crippen LogP contribution in [0.25, 0.3) is 0 Å². The molecule has 2 rings (SSSR count). The Morgan fingerprint density at radius 1 is 1.15 bits per heavy atom. The number of anilines is 1. The van der Waals surface area contributed by atoms with Crippen LogP contribution in [-0.4, -0.2) is 13.4 Å². The molecule has 3 N–H and O–H groups in total. The van der Waals surface area contributed by atoms with Crippen LogP contribution < -0.4 is 10.5 Å². The maximum atomic E-state index is 12.0. The molecule has 0 bridgehead atoms. The van der Waals surface area contributed by atoms with Crippen LogP contribution >= 0.6 is 0 Å². The van der Waals surface area contributed by atoms with Crippen LogP contribution in [0.5, 0.6) is 0 Å². The van der Waals surface area contributed by atoms with Crippen molar-refractivity contribution in [2.75, 3.05) is 5.73 Å². The van der Waals surface area contributed by atoms with Gasteiger partial charge in [0.25, 0.3) is 0 Å². The zero-order chi connectivity index (χ0) is 14.6. The van der Waals surface area contributed by atoms with Gasteiger partial charge in [0.2, 0.25) is 10.0 Å². The molecular formula is C14H17N3O2S. The van der Waals surface area contributed by atoms with Gasteiger partial charge in [-0.25, -0.2) is 13.1 Å². The number of nitrogens with zero attached hydrogens (tertiary/aromatic N) is 1. The van der Waals surface area contributed by atoms with Crippen molar-refractivity contribution in [3.8, 4) is 0 Å². The van der Waals surface area contributed by atoms with Gasteiger partial charge < -0.3 is 5.73 Å². The first-order chi connectivity index (χ1) is 9.46. The van der Waals surface area contributed by atoms with E-state index in [4.69, 9.17) is 5.73 Å². The van der Waals surface area contributed by atoms with E-state index in [0.29, 0.717) is 16.9 Å². The third-order valence-corrected chi connectivity index (χ3v) is 4.10. The molecule has 0 fully saturated rings. The Balaban J connectivity index is 2.03. The Kier molecular flexibility index (Phi) is 4.36. The average molecular weight is 291 g/mol. The van der Waals surface area contributed by atoms with Crippen LogP contribution in [0.2, 0.25) is 0 Å². The Hall–Kier alpha value is -1.92. The maximum Gasteiger partial charge on any atom is 0.216 e. The lowest BCUT2D eigenvalue weighted by Gasteiger charge is -2.08. The Morgan fingerprint density at radius 2 is 1.90 bits per heavy atom. The molecule has 0 saturated heterocycles. The minimum absolute atomic E-state index is 0.133. The van der Waals surface area contributed by atoms with Gasteiger partial charge in [-0.2, -0.15) is 0 Å². The van der Waals surface area contributed by atoms with Crippen molar-refractivity contribution in [3.63, 3.8) is 0 Å². The normalized spacial score (nSPS) is 11.4. The first-order valence-electron chi connectivity index (χ1n) is 6.19. The topological polar surface area (TPSA) is 85.1 Å². The molecule has 0 amide bonds. The van der Waals surface area contributed by atoms with Crippen molar-refractivity contribution in [2.45, 2.75) is 19.2 Å². The van der Waals surface area contributed by atoms with E-state index < -0.39 is 10.0 Å². The van der Waals surface area contributed by atoms with E-state index in [9.17, 15) is 8.42 Å². The second-order valence-corrected chi connectivity index (χ2v) is 6.36. The number of sulfonamides is 1. The highest BCUT2D eigenvalue weighted by atomic mass is 32.2. The van der Waals surface area contributed by atoms with Crippen LogP contribution in [0.4, 0.5) is 5.69 Å². The molecule has 0 radical (unpaired) electrons. The number of nitrogens with one attached hydrogen (secondary N) is 1. The standard InChI is InChI=1S/C14H17N3O2S/c1-11-5-4-7-13(17-11)9-16-20(18,19)10-12-6-2-3-8-14(12)15/h2-8,16H,9-10,15H2,1H3. The fourth-order valence-corrected chi connectivity index (χ4v) is 2.95. The molecule has 0 aliphatic heterocycles. The highest BCUT2D eigenvalue weighted by molar-refractivity contribution is 7.88. The zero-order valence-corrected chi connectivity index (χ0v) is 12.0. The van der Waals surface area contributed by atoms with Gasteiger partial charge in [0, 0.05) is 11.4 Å². The predicted molar refractivity (Wildman–Crippen MR) is 79.3 cm³/mol. The summed E-state index contributed by atoms with van der Waals surface area (Å²) in [7, 11) is -3.44. The van der Waals surface area contributed by atoms with E-state index in [1.54, 1.807) is 30.3 Å². The summed E-state index contributed by atoms with van der Waals surface area (Å²) in [6.45, 7) is 2.04. The fourth-order valence-electron chi connectivity index (χ4n) is 1.80. The Bertz CT molecular complexity index is 699. The maximum absolute atomic E-state index is 12.0. The number of nitrogens with two attached hydrogens (primary N) is 1. The molecule has 0 spiro atoms. The molecule has 106 valence electrons. The van der Waals surface area contributed by atoms with Crippen LogP contribution in [0, 0.1) is 6.92 Å². The van der Waals surface area contributed by atoms with E-state index in [2.05, 4.69) is 9.71 Å². The van der Waals surface area contributed by atoms with E-state index in [0.717, 1.165) is 5.69 Å². The molecule has 0 saturated carbocycles. The molecule has 5 nitrogen and oxygen atoms in total. The molecule has 1 heterocycles. The summed E-state index contributed by atoms with van der Waals surface area (Å²) in [4.78, 5) is 4.25. The van der Waals surface area contributed by atoms with Crippen molar-refractivity contribution in [1.82, 2.24) is 9.71 Å². The number of nitrogen functional groups attached to an aromatic ring is 1. The molecule has 0 aliphatic rings. The molecule has 0 aliphatic carbocycles. The van der Waals surface area contributed by atoms with E-state index in [1.807, 2.05) is 19.1 Å². The third kappa shape index (κ3) is 4.04. The molecule has 6 heteroatoms. The van der Waals surface area contributed by atoms with Gasteiger partial charge in [-0.3, -0.25) is 4.98 Å². The third-order valence-electron chi connectivity index (χ3n) is 2.82. The lowest BCUT2D eigenvalue weighted by molar-refractivity contribution is 0.579. The van der Waals surface area contributed by atoms with E-state index in [1.165, 1.54) is 0 Å². The highest BCUT2D eigenvalue weighted by Gasteiger charge is 2.13. The summed E-state index contributed by atoms with van der Waals surface area (Å²) in [5.41, 5.74) is 8.37. The van der Waals surface area contributed by atoms with Crippen molar-refractivity contribution in [1.29, 1.82) is 0 Å². The molecule has 2 aromatic rings. The van der Waals surface area contributed by atoms with Crippen molar-refractivity contribution in [3.05, 3.63) is 59.4 Å². The van der Waals surface area contributed by atoms with Gasteiger partial charge in [-0.15, -0.1) is 0 Å². The lowest BCUT2D eigenvalue weighted by Crippen LogP contribution is -2.25. The van der Waals surface area contributed by atoms with Crippen molar-refractivity contribution < 1.29 is 8.42 Å². The van der Waals surface area contributed by atoms with Crippen LogP contribution in [0.15, 0.2) is 42.5 Å². The summed E-state index contributed by atoms with van der Waals surface area (Å²) in [6.07, 6.45) is 0. The smallest absolute Gasteiger partial charge is 0.216 e. The molecule has 1 aromatic heterocycles. The molecule has 1 aromatic carbocycles. The number of pyridine rings is 1. The van der Waals surface area contributed by atoms with Gasteiger partial charge in [-0.05, 0) is 30.7 Å². The van der Waals surface area contributed by atoms with Gasteiger partial charge in [0.05, 0.1) is 18.0 Å². The second-order valence-electron chi connectivity index (χ2n) is 4.55. The summed E-state index contributed by atoms with van der Waals surface area (Å²) >= 11 is 0. The Labute approximate surface area is 118 Å². The molecule has 20 heavy (non-hydrogen) atoms. The molecular weight excluding hydrogens is 274 g/mol. The van der Waals surface area contributed by atoms with E-state index in [-0.39, 0.29) is 12.3 Å². The number of benzene rings is 1. The van der Waals surface area contributed by atoms with Gasteiger partial charge in [0.15, 0.2) is 0 Å². The number of aromatic nitrogens is 1. The Morgan fingerprint density at radius 3 is 2.60 bits per heavy atom. The first-order valence-corrected chi connectivity index (χ1v) is 7.85. The first kappa shape index (κ1) is 14.5. The predicted octanol–water partition coefficient (Wildman–Crippen LogP) is 1.59. The van der Waals surface area contributed by atoms with Crippen molar-refractivity contribution in [2.24, 2.45) is 0 Å². The van der Waals surface area contributed by atoms with Gasteiger partial charge in [0.1, 0.15) is 0 Å². The van der Waals surface area contributed by atoms with E-state index >= 15 is 0 Å².